The molecule has 0 spiro atoms. The predicted molar refractivity (Wildman–Crippen MR) is 68.5 cm³/mol. The van der Waals surface area contributed by atoms with Crippen molar-refractivity contribution in [1.29, 1.82) is 0 Å². The zero-order valence-corrected chi connectivity index (χ0v) is 11.6. The summed E-state index contributed by atoms with van der Waals surface area (Å²) in [4.78, 5) is 0. The fourth-order valence-corrected chi connectivity index (χ4v) is 7.42. The molecule has 2 nitrogen and oxygen atoms in total. The first-order valence-electron chi connectivity index (χ1n) is 6.63. The van der Waals surface area contributed by atoms with Crippen LogP contribution in [0.1, 0.15) is 51.4 Å². The molecule has 0 bridgehead atoms. The van der Waals surface area contributed by atoms with Gasteiger partial charge in [-0.15, -0.1) is 0 Å². The minimum atomic E-state index is -2.05. The molecule has 0 aromatic rings. The fourth-order valence-electron chi connectivity index (χ4n) is 3.41. The fraction of sp³-hybridized carbons (Fsp3) is 0.846. The lowest BCUT2D eigenvalue weighted by Gasteiger charge is -2.38. The maximum atomic E-state index is 5.96. The normalized spacial score (nSPS) is 23.5. The van der Waals surface area contributed by atoms with Gasteiger partial charge in [-0.1, -0.05) is 25.3 Å². The topological polar surface area (TPSA) is 18.5 Å². The highest BCUT2D eigenvalue weighted by Crippen LogP contribution is 2.43. The smallest absolute Gasteiger partial charge is 0.370 e. The number of allylic oxidation sites excluding steroid dienone is 2. The van der Waals surface area contributed by atoms with Crippen molar-refractivity contribution in [2.24, 2.45) is 0 Å². The van der Waals surface area contributed by atoms with Gasteiger partial charge in [-0.2, -0.15) is 0 Å². The Morgan fingerprint density at radius 3 is 2.25 bits per heavy atom. The van der Waals surface area contributed by atoms with Gasteiger partial charge in [0, 0.05) is 19.8 Å². The van der Waals surface area contributed by atoms with E-state index in [1.54, 1.807) is 0 Å². The standard InChI is InChI=1S/C13H24O2Si/c1-14-16(15-2,13-10-6-7-11-13)12-8-4-3-5-9-12/h10,12H,3-9,11H2,1-2H3. The van der Waals surface area contributed by atoms with Gasteiger partial charge in [-0.3, -0.25) is 0 Å². The first-order chi connectivity index (χ1) is 7.83. The van der Waals surface area contributed by atoms with Crippen LogP contribution in [-0.4, -0.2) is 22.8 Å². The highest BCUT2D eigenvalue weighted by Gasteiger charge is 2.48. The summed E-state index contributed by atoms with van der Waals surface area (Å²) in [5.74, 6) is 0. The number of hydrogen-bond acceptors (Lipinski definition) is 2. The van der Waals surface area contributed by atoms with E-state index < -0.39 is 8.56 Å². The van der Waals surface area contributed by atoms with E-state index >= 15 is 0 Å². The van der Waals surface area contributed by atoms with Crippen molar-refractivity contribution in [2.45, 2.75) is 56.9 Å². The monoisotopic (exact) mass is 240 g/mol. The Bertz CT molecular complexity index is 253. The maximum absolute atomic E-state index is 5.96. The number of rotatable bonds is 4. The van der Waals surface area contributed by atoms with Crippen molar-refractivity contribution in [3.05, 3.63) is 11.3 Å². The van der Waals surface area contributed by atoms with E-state index in [9.17, 15) is 0 Å². The zero-order valence-electron chi connectivity index (χ0n) is 10.6. The molecule has 0 aliphatic heterocycles. The van der Waals surface area contributed by atoms with Gasteiger partial charge in [0.05, 0.1) is 0 Å². The summed E-state index contributed by atoms with van der Waals surface area (Å²) in [5.41, 5.74) is 0.695. The molecule has 2 aliphatic carbocycles. The molecule has 1 saturated carbocycles. The van der Waals surface area contributed by atoms with Gasteiger partial charge in [-0.25, -0.2) is 0 Å². The zero-order chi connectivity index (χ0) is 11.4. The Kier molecular flexibility index (Phi) is 4.22. The number of hydrogen-bond donors (Lipinski definition) is 0. The largest absolute Gasteiger partial charge is 0.394 e. The van der Waals surface area contributed by atoms with Crippen LogP contribution in [0.3, 0.4) is 0 Å². The molecule has 0 aromatic carbocycles. The first kappa shape index (κ1) is 12.3. The van der Waals surface area contributed by atoms with Crippen LogP contribution in [-0.2, 0) is 8.85 Å². The van der Waals surface area contributed by atoms with Gasteiger partial charge in [0.2, 0.25) is 0 Å². The summed E-state index contributed by atoms with van der Waals surface area (Å²) in [7, 11) is 1.68. The van der Waals surface area contributed by atoms with E-state index in [1.807, 2.05) is 14.2 Å². The molecular formula is C13H24O2Si. The molecular weight excluding hydrogens is 216 g/mol. The van der Waals surface area contributed by atoms with Gasteiger partial charge in [0.15, 0.2) is 0 Å². The van der Waals surface area contributed by atoms with Crippen molar-refractivity contribution in [3.8, 4) is 0 Å². The summed E-state index contributed by atoms with van der Waals surface area (Å²) in [6.45, 7) is 0. The van der Waals surface area contributed by atoms with Gasteiger partial charge in [0.25, 0.3) is 0 Å². The lowest BCUT2D eigenvalue weighted by Crippen LogP contribution is -2.48. The molecule has 16 heavy (non-hydrogen) atoms. The van der Waals surface area contributed by atoms with Gasteiger partial charge < -0.3 is 8.85 Å². The van der Waals surface area contributed by atoms with Crippen LogP contribution in [0.2, 0.25) is 5.54 Å². The van der Waals surface area contributed by atoms with E-state index in [0.29, 0.717) is 5.54 Å². The van der Waals surface area contributed by atoms with Crippen LogP contribution in [0.4, 0.5) is 0 Å². The van der Waals surface area contributed by atoms with Gasteiger partial charge in [-0.05, 0) is 37.3 Å². The van der Waals surface area contributed by atoms with E-state index in [2.05, 4.69) is 6.08 Å². The third kappa shape index (κ3) is 2.13. The second-order valence-electron chi connectivity index (χ2n) is 5.03. The average molecular weight is 240 g/mol. The highest BCUT2D eigenvalue weighted by molar-refractivity contribution is 6.76. The van der Waals surface area contributed by atoms with Crippen LogP contribution < -0.4 is 0 Å². The van der Waals surface area contributed by atoms with Gasteiger partial charge >= 0.3 is 8.56 Å². The summed E-state index contributed by atoms with van der Waals surface area (Å²) >= 11 is 0. The quantitative estimate of drug-likeness (QED) is 0.698. The predicted octanol–water partition coefficient (Wildman–Crippen LogP) is 3.71. The van der Waals surface area contributed by atoms with E-state index in [0.717, 1.165) is 0 Å². The van der Waals surface area contributed by atoms with Gasteiger partial charge in [0.1, 0.15) is 0 Å². The molecule has 0 N–H and O–H groups in total. The summed E-state index contributed by atoms with van der Waals surface area (Å²) in [5, 5.41) is 1.53. The van der Waals surface area contributed by atoms with Crippen LogP contribution in [0.5, 0.6) is 0 Å². The SMILES string of the molecule is CO[Si](OC)(C1=CCCC1)C1CCCCC1. The van der Waals surface area contributed by atoms with Crippen molar-refractivity contribution in [2.75, 3.05) is 14.2 Å². The molecule has 0 aromatic heterocycles. The van der Waals surface area contributed by atoms with Crippen molar-refractivity contribution >= 4 is 8.56 Å². The van der Waals surface area contributed by atoms with E-state index in [-0.39, 0.29) is 0 Å². The Morgan fingerprint density at radius 1 is 1.06 bits per heavy atom. The molecule has 0 saturated heterocycles. The Morgan fingerprint density at radius 2 is 1.75 bits per heavy atom. The van der Waals surface area contributed by atoms with Crippen LogP contribution in [0.25, 0.3) is 0 Å². The van der Waals surface area contributed by atoms with Crippen molar-refractivity contribution in [1.82, 2.24) is 0 Å². The van der Waals surface area contributed by atoms with Crippen LogP contribution >= 0.6 is 0 Å². The molecule has 2 aliphatic rings. The molecule has 3 heteroatoms. The third-order valence-electron chi connectivity index (χ3n) is 4.24. The lowest BCUT2D eigenvalue weighted by molar-refractivity contribution is 0.226. The second kappa shape index (κ2) is 5.47. The molecule has 1 fully saturated rings. The molecule has 0 heterocycles. The Hall–Kier alpha value is -0.123. The molecule has 0 radical (unpaired) electrons. The maximum Gasteiger partial charge on any atom is 0.370 e. The van der Waals surface area contributed by atoms with E-state index in [4.69, 9.17) is 8.85 Å². The summed E-state index contributed by atoms with van der Waals surface area (Å²) in [6.07, 6.45) is 12.9. The van der Waals surface area contributed by atoms with Crippen molar-refractivity contribution in [3.63, 3.8) is 0 Å². The molecule has 0 amide bonds. The van der Waals surface area contributed by atoms with Crippen LogP contribution in [0, 0.1) is 0 Å². The Labute approximate surface area is 100 Å². The Balaban J connectivity index is 2.18. The minimum Gasteiger partial charge on any atom is -0.394 e. The lowest BCUT2D eigenvalue weighted by atomic mass is 10.0. The van der Waals surface area contributed by atoms with Crippen LogP contribution in [0.15, 0.2) is 11.3 Å². The van der Waals surface area contributed by atoms with E-state index in [1.165, 1.54) is 56.6 Å². The summed E-state index contributed by atoms with van der Waals surface area (Å²) in [6, 6.07) is 0. The molecule has 0 unspecified atom stereocenters. The minimum absolute atomic E-state index is 0.695. The second-order valence-corrected chi connectivity index (χ2v) is 8.64. The van der Waals surface area contributed by atoms with Crippen molar-refractivity contribution < 1.29 is 8.85 Å². The summed E-state index contributed by atoms with van der Waals surface area (Å²) < 4.78 is 11.9. The molecule has 92 valence electrons. The third-order valence-corrected chi connectivity index (χ3v) is 8.45. The molecule has 0 atom stereocenters. The first-order valence-corrected chi connectivity index (χ1v) is 8.52. The highest BCUT2D eigenvalue weighted by atomic mass is 28.4. The molecule has 2 rings (SSSR count). The average Bonchev–Trinajstić information content (AvgIpc) is 2.87.